The Balaban J connectivity index is 2.15. The van der Waals surface area contributed by atoms with E-state index in [1.54, 1.807) is 0 Å². The highest BCUT2D eigenvalue weighted by Crippen LogP contribution is 1.88. The summed E-state index contributed by atoms with van der Waals surface area (Å²) in [6.45, 7) is 4.48. The third-order valence-electron chi connectivity index (χ3n) is 1.28. The summed E-state index contributed by atoms with van der Waals surface area (Å²) in [7, 11) is 0. The van der Waals surface area contributed by atoms with Gasteiger partial charge in [0.2, 0.25) is 0 Å². The summed E-state index contributed by atoms with van der Waals surface area (Å²) in [6, 6.07) is 3.86. The topological polar surface area (TPSA) is 14.2 Å². The van der Waals surface area contributed by atoms with E-state index in [4.69, 9.17) is 4.74 Å². The zero-order valence-electron chi connectivity index (χ0n) is 6.21. The number of nitrogens with zero attached hydrogens (tertiary/aromatic N) is 1. The van der Waals surface area contributed by atoms with Gasteiger partial charge in [-0.05, 0) is 19.1 Å². The van der Waals surface area contributed by atoms with Gasteiger partial charge in [-0.3, -0.25) is 0 Å². The van der Waals surface area contributed by atoms with Gasteiger partial charge in [0.15, 0.2) is 0 Å². The zero-order chi connectivity index (χ0) is 7.23. The SMILES string of the molecule is CCOCCn1[c]ccc1. The largest absolute Gasteiger partial charge is 0.380 e. The average molecular weight is 138 g/mol. The van der Waals surface area contributed by atoms with Crippen LogP contribution in [0.15, 0.2) is 18.3 Å². The lowest BCUT2D eigenvalue weighted by Gasteiger charge is -2.00. The van der Waals surface area contributed by atoms with Gasteiger partial charge in [-0.1, -0.05) is 0 Å². The van der Waals surface area contributed by atoms with Crippen molar-refractivity contribution >= 4 is 0 Å². The minimum absolute atomic E-state index is 0.779. The molecule has 0 saturated heterocycles. The Hall–Kier alpha value is -0.760. The molecule has 1 aromatic rings. The summed E-state index contributed by atoms with van der Waals surface area (Å²) in [4.78, 5) is 0. The van der Waals surface area contributed by atoms with Gasteiger partial charge in [0.25, 0.3) is 0 Å². The molecule has 0 aliphatic carbocycles. The van der Waals surface area contributed by atoms with Crippen LogP contribution < -0.4 is 0 Å². The summed E-state index contributed by atoms with van der Waals surface area (Å²) in [5.41, 5.74) is 0. The van der Waals surface area contributed by atoms with Gasteiger partial charge < -0.3 is 9.30 Å². The predicted octanol–water partition coefficient (Wildman–Crippen LogP) is 1.32. The lowest BCUT2D eigenvalue weighted by atomic mass is 10.6. The van der Waals surface area contributed by atoms with Crippen molar-refractivity contribution in [2.75, 3.05) is 13.2 Å². The molecule has 0 unspecified atom stereocenters. The third kappa shape index (κ3) is 2.23. The number of aromatic nitrogens is 1. The van der Waals surface area contributed by atoms with E-state index in [2.05, 4.69) is 6.20 Å². The lowest BCUT2D eigenvalue weighted by Crippen LogP contribution is -2.03. The third-order valence-corrected chi connectivity index (χ3v) is 1.28. The molecular weight excluding hydrogens is 126 g/mol. The Morgan fingerprint density at radius 3 is 3.10 bits per heavy atom. The molecule has 0 atom stereocenters. The number of rotatable bonds is 4. The second kappa shape index (κ2) is 4.12. The van der Waals surface area contributed by atoms with E-state index in [0.717, 1.165) is 19.8 Å². The second-order valence-corrected chi connectivity index (χ2v) is 2.03. The Bertz CT molecular complexity index is 158. The fourth-order valence-electron chi connectivity index (χ4n) is 0.775. The molecule has 0 spiro atoms. The Morgan fingerprint density at radius 2 is 2.50 bits per heavy atom. The highest BCUT2D eigenvalue weighted by Gasteiger charge is 1.86. The van der Waals surface area contributed by atoms with E-state index in [0.29, 0.717) is 0 Å². The van der Waals surface area contributed by atoms with E-state index in [1.807, 2.05) is 29.8 Å². The molecule has 1 aromatic heterocycles. The molecule has 0 fully saturated rings. The molecule has 0 bridgehead atoms. The summed E-state index contributed by atoms with van der Waals surface area (Å²) in [5.74, 6) is 0. The van der Waals surface area contributed by atoms with Crippen molar-refractivity contribution in [1.82, 2.24) is 4.57 Å². The highest BCUT2D eigenvalue weighted by molar-refractivity contribution is 4.88. The van der Waals surface area contributed by atoms with Crippen molar-refractivity contribution in [3.63, 3.8) is 0 Å². The maximum absolute atomic E-state index is 5.17. The molecule has 55 valence electrons. The molecular formula is C8H12NO. The Kier molecular flexibility index (Phi) is 3.03. The zero-order valence-corrected chi connectivity index (χ0v) is 6.21. The fraction of sp³-hybridized carbons (Fsp3) is 0.500. The van der Waals surface area contributed by atoms with Crippen LogP contribution in [0.1, 0.15) is 6.92 Å². The molecule has 2 nitrogen and oxygen atoms in total. The molecule has 0 amide bonds. The van der Waals surface area contributed by atoms with Gasteiger partial charge >= 0.3 is 0 Å². The first-order valence-electron chi connectivity index (χ1n) is 3.54. The smallest absolute Gasteiger partial charge is 0.0648 e. The van der Waals surface area contributed by atoms with Crippen molar-refractivity contribution in [3.8, 4) is 0 Å². The molecule has 0 aliphatic rings. The molecule has 0 aliphatic heterocycles. The maximum atomic E-state index is 5.17. The molecule has 1 radical (unpaired) electrons. The highest BCUT2D eigenvalue weighted by atomic mass is 16.5. The van der Waals surface area contributed by atoms with Crippen molar-refractivity contribution in [1.29, 1.82) is 0 Å². The summed E-state index contributed by atoms with van der Waals surface area (Å²) >= 11 is 0. The average Bonchev–Trinajstić information content (AvgIpc) is 2.41. The predicted molar refractivity (Wildman–Crippen MR) is 39.8 cm³/mol. The van der Waals surface area contributed by atoms with Crippen molar-refractivity contribution in [3.05, 3.63) is 24.5 Å². The van der Waals surface area contributed by atoms with E-state index in [1.165, 1.54) is 0 Å². The van der Waals surface area contributed by atoms with Crippen LogP contribution in [0.2, 0.25) is 0 Å². The van der Waals surface area contributed by atoms with Gasteiger partial charge in [0.05, 0.1) is 12.8 Å². The Labute approximate surface area is 61.4 Å². The standard InChI is InChI=1S/C8H12NO/c1-2-10-8-7-9-5-3-4-6-9/h3-5H,2,7-8H2,1H3. The molecule has 0 N–H and O–H groups in total. The monoisotopic (exact) mass is 138 g/mol. The van der Waals surface area contributed by atoms with Crippen LogP contribution in [0.5, 0.6) is 0 Å². The van der Waals surface area contributed by atoms with Crippen LogP contribution in [0, 0.1) is 6.20 Å². The first-order valence-corrected chi connectivity index (χ1v) is 3.54. The first kappa shape index (κ1) is 7.35. The second-order valence-electron chi connectivity index (χ2n) is 2.03. The van der Waals surface area contributed by atoms with Crippen LogP contribution in [-0.2, 0) is 11.3 Å². The Morgan fingerprint density at radius 1 is 1.60 bits per heavy atom. The van der Waals surface area contributed by atoms with Crippen molar-refractivity contribution in [2.45, 2.75) is 13.5 Å². The van der Waals surface area contributed by atoms with Gasteiger partial charge in [0, 0.05) is 19.3 Å². The van der Waals surface area contributed by atoms with E-state index in [9.17, 15) is 0 Å². The van der Waals surface area contributed by atoms with Crippen LogP contribution in [-0.4, -0.2) is 17.8 Å². The molecule has 0 saturated carbocycles. The normalized spacial score (nSPS) is 10.1. The molecule has 1 rings (SSSR count). The number of hydrogen-bond donors (Lipinski definition) is 0. The van der Waals surface area contributed by atoms with Crippen LogP contribution in [0.25, 0.3) is 0 Å². The molecule has 10 heavy (non-hydrogen) atoms. The summed E-state index contributed by atoms with van der Waals surface area (Å²) in [6.07, 6.45) is 5.02. The van der Waals surface area contributed by atoms with Crippen molar-refractivity contribution in [2.24, 2.45) is 0 Å². The quantitative estimate of drug-likeness (QED) is 0.572. The van der Waals surface area contributed by atoms with E-state index < -0.39 is 0 Å². The minimum Gasteiger partial charge on any atom is -0.380 e. The number of hydrogen-bond acceptors (Lipinski definition) is 1. The molecule has 2 heteroatoms. The van der Waals surface area contributed by atoms with E-state index in [-0.39, 0.29) is 0 Å². The van der Waals surface area contributed by atoms with Gasteiger partial charge in [-0.25, -0.2) is 0 Å². The van der Waals surface area contributed by atoms with Gasteiger partial charge in [0.1, 0.15) is 0 Å². The number of ether oxygens (including phenoxy) is 1. The molecule has 0 aromatic carbocycles. The van der Waals surface area contributed by atoms with Crippen LogP contribution in [0.3, 0.4) is 0 Å². The first-order chi connectivity index (χ1) is 4.93. The fourth-order valence-corrected chi connectivity index (χ4v) is 0.775. The summed E-state index contributed by atoms with van der Waals surface area (Å²) < 4.78 is 7.15. The lowest BCUT2D eigenvalue weighted by molar-refractivity contribution is 0.139. The minimum atomic E-state index is 0.779. The maximum Gasteiger partial charge on any atom is 0.0648 e. The van der Waals surface area contributed by atoms with Crippen molar-refractivity contribution < 1.29 is 4.74 Å². The molecule has 1 heterocycles. The van der Waals surface area contributed by atoms with Gasteiger partial charge in [-0.15, -0.1) is 0 Å². The van der Waals surface area contributed by atoms with E-state index >= 15 is 0 Å². The van der Waals surface area contributed by atoms with Gasteiger partial charge in [-0.2, -0.15) is 0 Å². The summed E-state index contributed by atoms with van der Waals surface area (Å²) in [5, 5.41) is 0. The van der Waals surface area contributed by atoms with Crippen LogP contribution in [0.4, 0.5) is 0 Å². The van der Waals surface area contributed by atoms with Crippen LogP contribution >= 0.6 is 0 Å².